The van der Waals surface area contributed by atoms with Crippen LogP contribution >= 0.6 is 0 Å². The molecule has 0 radical (unpaired) electrons. The molecule has 124 valence electrons. The zero-order valence-corrected chi connectivity index (χ0v) is 13.9. The molecule has 1 aliphatic carbocycles. The first-order chi connectivity index (χ1) is 11.1. The van der Waals surface area contributed by atoms with E-state index < -0.39 is 6.10 Å². The number of benzene rings is 1. The highest BCUT2D eigenvalue weighted by Crippen LogP contribution is 2.29. The highest BCUT2D eigenvalue weighted by molar-refractivity contribution is 6.07. The van der Waals surface area contributed by atoms with Gasteiger partial charge in [-0.15, -0.1) is 0 Å². The molecule has 1 heterocycles. The highest BCUT2D eigenvalue weighted by atomic mass is 16.5. The number of carbonyl (C=O) groups is 1. The second kappa shape index (κ2) is 6.34. The van der Waals surface area contributed by atoms with Crippen LogP contribution in [-0.2, 0) is 11.3 Å². The topological polar surface area (TPSA) is 54.7 Å². The molecule has 1 N–H and O–H groups in total. The number of hydrogen-bond acceptors (Lipinski definition) is 3. The van der Waals surface area contributed by atoms with E-state index in [4.69, 9.17) is 4.74 Å². The molecule has 5 nitrogen and oxygen atoms in total. The molecule has 3 atom stereocenters. The highest BCUT2D eigenvalue weighted by Gasteiger charge is 2.39. The Morgan fingerprint density at radius 1 is 1.39 bits per heavy atom. The van der Waals surface area contributed by atoms with Crippen LogP contribution in [0.2, 0.25) is 0 Å². The van der Waals surface area contributed by atoms with E-state index in [1.165, 1.54) is 0 Å². The maximum Gasteiger partial charge on any atom is 0.256 e. The molecule has 0 saturated heterocycles. The Balaban J connectivity index is 1.92. The van der Waals surface area contributed by atoms with Crippen LogP contribution in [0, 0.1) is 0 Å². The third kappa shape index (κ3) is 2.64. The van der Waals surface area contributed by atoms with Gasteiger partial charge in [-0.1, -0.05) is 18.2 Å². The Morgan fingerprint density at radius 3 is 2.78 bits per heavy atom. The maximum atomic E-state index is 13.0. The minimum Gasteiger partial charge on any atom is -0.388 e. The number of ether oxygens (including phenoxy) is 1. The summed E-state index contributed by atoms with van der Waals surface area (Å²) in [4.78, 5) is 14.6. The Labute approximate surface area is 136 Å². The van der Waals surface area contributed by atoms with Gasteiger partial charge < -0.3 is 19.3 Å². The van der Waals surface area contributed by atoms with Crippen molar-refractivity contribution >= 4 is 16.8 Å². The Hall–Kier alpha value is -1.85. The molecule has 1 saturated carbocycles. The number of rotatable bonds is 4. The lowest BCUT2D eigenvalue weighted by Gasteiger charge is -2.28. The summed E-state index contributed by atoms with van der Waals surface area (Å²) in [6.45, 7) is 2.88. The minimum absolute atomic E-state index is 0.0470. The summed E-state index contributed by atoms with van der Waals surface area (Å²) < 4.78 is 7.37. The Morgan fingerprint density at radius 2 is 2.13 bits per heavy atom. The number of methoxy groups -OCH3 is 1. The monoisotopic (exact) mass is 316 g/mol. The molecular formula is C18H24N2O3. The lowest BCUT2D eigenvalue weighted by Crippen LogP contribution is -2.44. The average Bonchev–Trinajstić information content (AvgIpc) is 3.14. The molecule has 3 rings (SSSR count). The zero-order chi connectivity index (χ0) is 16.6. The predicted molar refractivity (Wildman–Crippen MR) is 89.5 cm³/mol. The van der Waals surface area contributed by atoms with Crippen LogP contribution in [0.25, 0.3) is 10.9 Å². The van der Waals surface area contributed by atoms with Gasteiger partial charge in [0, 0.05) is 37.8 Å². The van der Waals surface area contributed by atoms with Crippen molar-refractivity contribution in [1.29, 1.82) is 0 Å². The quantitative estimate of drug-likeness (QED) is 0.941. The van der Waals surface area contributed by atoms with Crippen molar-refractivity contribution in [3.63, 3.8) is 0 Å². The van der Waals surface area contributed by atoms with Gasteiger partial charge in [-0.3, -0.25) is 4.79 Å². The number of aromatic nitrogens is 1. The van der Waals surface area contributed by atoms with Crippen LogP contribution in [0.15, 0.2) is 30.5 Å². The van der Waals surface area contributed by atoms with E-state index >= 15 is 0 Å². The number of aliphatic hydroxyl groups is 1. The van der Waals surface area contributed by atoms with E-state index in [9.17, 15) is 9.90 Å². The van der Waals surface area contributed by atoms with Gasteiger partial charge in [0.1, 0.15) is 6.10 Å². The largest absolute Gasteiger partial charge is 0.388 e. The van der Waals surface area contributed by atoms with Gasteiger partial charge in [-0.25, -0.2) is 0 Å². The lowest BCUT2D eigenvalue weighted by molar-refractivity contribution is -0.0155. The SMILES string of the molecule is CCn1cc(C(=O)N(C)[C@@H]2CC[C@@H](OC)[C@@H]2O)c2ccccc21. The maximum absolute atomic E-state index is 13.0. The molecule has 1 aromatic carbocycles. The standard InChI is InChI=1S/C18H24N2O3/c1-4-20-11-13(12-7-5-6-8-14(12)20)18(22)19(2)15-9-10-16(23-3)17(15)21/h5-8,11,15-17,21H,4,9-10H2,1-3H3/t15-,16-,17-/m1/s1. The van der Waals surface area contributed by atoms with Crippen LogP contribution in [0.3, 0.4) is 0 Å². The number of nitrogens with zero attached hydrogens (tertiary/aromatic N) is 2. The first-order valence-corrected chi connectivity index (χ1v) is 8.14. The molecule has 23 heavy (non-hydrogen) atoms. The number of carbonyl (C=O) groups excluding carboxylic acids is 1. The van der Waals surface area contributed by atoms with E-state index in [0.717, 1.165) is 30.3 Å². The van der Waals surface area contributed by atoms with Crippen LogP contribution in [0.1, 0.15) is 30.1 Å². The van der Waals surface area contributed by atoms with E-state index in [0.29, 0.717) is 5.56 Å². The zero-order valence-electron chi connectivity index (χ0n) is 13.9. The summed E-state index contributed by atoms with van der Waals surface area (Å²) in [5.41, 5.74) is 1.76. The molecule has 0 bridgehead atoms. The Kier molecular flexibility index (Phi) is 4.41. The second-order valence-electron chi connectivity index (χ2n) is 6.17. The third-order valence-electron chi connectivity index (χ3n) is 5.00. The summed E-state index contributed by atoms with van der Waals surface area (Å²) in [6, 6.07) is 7.74. The first kappa shape index (κ1) is 16.0. The third-order valence-corrected chi connectivity index (χ3v) is 5.00. The van der Waals surface area contributed by atoms with Crippen molar-refractivity contribution in [3.8, 4) is 0 Å². The molecule has 5 heteroatoms. The molecule has 1 amide bonds. The second-order valence-corrected chi connectivity index (χ2v) is 6.17. The van der Waals surface area contributed by atoms with E-state index in [2.05, 4.69) is 11.5 Å². The van der Waals surface area contributed by atoms with Gasteiger partial charge in [0.15, 0.2) is 0 Å². The number of hydrogen-bond donors (Lipinski definition) is 1. The van der Waals surface area contributed by atoms with Crippen LogP contribution in [-0.4, -0.2) is 52.9 Å². The first-order valence-electron chi connectivity index (χ1n) is 8.14. The van der Waals surface area contributed by atoms with E-state index in [1.807, 2.05) is 30.5 Å². The van der Waals surface area contributed by atoms with Crippen LogP contribution in [0.5, 0.6) is 0 Å². The number of amides is 1. The van der Waals surface area contributed by atoms with Gasteiger partial charge in [0.05, 0.1) is 17.7 Å². The van der Waals surface area contributed by atoms with Crippen LogP contribution in [0.4, 0.5) is 0 Å². The van der Waals surface area contributed by atoms with Crippen molar-refractivity contribution in [3.05, 3.63) is 36.0 Å². The van der Waals surface area contributed by atoms with Gasteiger partial charge in [0.2, 0.25) is 0 Å². The summed E-state index contributed by atoms with van der Waals surface area (Å²) >= 11 is 0. The van der Waals surface area contributed by atoms with Crippen molar-refractivity contribution in [2.24, 2.45) is 0 Å². The smallest absolute Gasteiger partial charge is 0.256 e. The molecule has 0 spiro atoms. The number of aryl methyl sites for hydroxylation is 1. The summed E-state index contributed by atoms with van der Waals surface area (Å²) in [5.74, 6) is -0.0470. The van der Waals surface area contributed by atoms with Gasteiger partial charge >= 0.3 is 0 Å². The summed E-state index contributed by atoms with van der Waals surface area (Å²) in [5, 5.41) is 11.3. The summed E-state index contributed by atoms with van der Waals surface area (Å²) in [6.07, 6.45) is 2.63. The molecule has 2 aromatic rings. The fourth-order valence-electron chi connectivity index (χ4n) is 3.62. The normalized spacial score (nSPS) is 24.3. The molecular weight excluding hydrogens is 292 g/mol. The van der Waals surface area contributed by atoms with Gasteiger partial charge in [-0.05, 0) is 25.8 Å². The molecule has 1 aliphatic rings. The number of aliphatic hydroxyl groups excluding tert-OH is 1. The molecule has 1 fully saturated rings. The van der Waals surface area contributed by atoms with Crippen molar-refractivity contribution in [2.75, 3.05) is 14.2 Å². The average molecular weight is 316 g/mol. The van der Waals surface area contributed by atoms with Gasteiger partial charge in [-0.2, -0.15) is 0 Å². The fourth-order valence-corrected chi connectivity index (χ4v) is 3.62. The molecule has 0 unspecified atom stereocenters. The fraction of sp³-hybridized carbons (Fsp3) is 0.500. The van der Waals surface area contributed by atoms with Crippen LogP contribution < -0.4 is 0 Å². The Bertz CT molecular complexity index is 709. The van der Waals surface area contributed by atoms with E-state index in [1.54, 1.807) is 19.1 Å². The molecule has 0 aliphatic heterocycles. The van der Waals surface area contributed by atoms with Crippen molar-refractivity contribution in [2.45, 2.75) is 44.6 Å². The molecule has 1 aromatic heterocycles. The number of para-hydroxylation sites is 1. The number of likely N-dealkylation sites (N-methyl/N-ethyl adjacent to an activating group) is 1. The number of fused-ring (bicyclic) bond motifs is 1. The van der Waals surface area contributed by atoms with Gasteiger partial charge in [0.25, 0.3) is 5.91 Å². The van der Waals surface area contributed by atoms with E-state index in [-0.39, 0.29) is 18.1 Å². The summed E-state index contributed by atoms with van der Waals surface area (Å²) in [7, 11) is 3.37. The predicted octanol–water partition coefficient (Wildman–Crippen LogP) is 2.27. The minimum atomic E-state index is -0.631. The van der Waals surface area contributed by atoms with Crippen molar-refractivity contribution in [1.82, 2.24) is 9.47 Å². The lowest BCUT2D eigenvalue weighted by atomic mass is 10.1. The van der Waals surface area contributed by atoms with Crippen molar-refractivity contribution < 1.29 is 14.6 Å².